The number of rotatable bonds is 6. The van der Waals surface area contributed by atoms with E-state index in [0.29, 0.717) is 39.0 Å². The monoisotopic (exact) mass is 446 g/mol. The first kappa shape index (κ1) is 20.3. The molecule has 0 aliphatic rings. The number of hydrogen-bond acceptors (Lipinski definition) is 7. The van der Waals surface area contributed by atoms with E-state index in [9.17, 15) is 4.79 Å². The minimum absolute atomic E-state index is 0.0338. The number of carbonyl (C=O) groups is 1. The van der Waals surface area contributed by atoms with Gasteiger partial charge in [0, 0.05) is 28.6 Å². The second-order valence-corrected chi connectivity index (χ2v) is 7.18. The molecule has 0 aliphatic carbocycles. The zero-order valence-corrected chi connectivity index (χ0v) is 17.6. The lowest BCUT2D eigenvalue weighted by Crippen LogP contribution is -2.07. The van der Waals surface area contributed by atoms with Gasteiger partial charge in [0.25, 0.3) is 0 Å². The smallest absolute Gasteiger partial charge is 0.403 e. The Hall–Kier alpha value is -3.03. The number of nitrogens with zero attached hydrogens (tertiary/aromatic N) is 2. The van der Waals surface area contributed by atoms with Crippen molar-refractivity contribution in [3.63, 3.8) is 0 Å². The van der Waals surface area contributed by atoms with Gasteiger partial charge in [-0.15, -0.1) is 0 Å². The third-order valence-corrected chi connectivity index (χ3v) is 4.75. The highest BCUT2D eigenvalue weighted by atomic mass is 35.5. The van der Waals surface area contributed by atoms with Crippen molar-refractivity contribution in [1.82, 2.24) is 9.97 Å². The van der Waals surface area contributed by atoms with Gasteiger partial charge in [0.15, 0.2) is 5.58 Å². The fraction of sp³-hybridized carbons (Fsp3) is 0.190. The molecule has 2 heterocycles. The number of fused-ring (bicyclic) bond motifs is 2. The van der Waals surface area contributed by atoms with E-state index < -0.39 is 5.43 Å². The molecule has 4 rings (SSSR count). The second-order valence-electron chi connectivity index (χ2n) is 6.46. The standard InChI is InChI=1S/C21H16Cl2N2O5/c1-11-5-14(19-16(6-11)25-18(27-2)10-24-19)17-8-12-7-13(9-15(22)20(12)30-17)28-3-4-29-21(23)26/h5-10H,3-4H2,1-2H3. The summed E-state index contributed by atoms with van der Waals surface area (Å²) in [6.45, 7) is 2.15. The van der Waals surface area contributed by atoms with Crippen LogP contribution in [-0.4, -0.2) is 35.7 Å². The summed E-state index contributed by atoms with van der Waals surface area (Å²) in [5.41, 5.74) is 2.85. The fourth-order valence-electron chi connectivity index (χ4n) is 3.12. The summed E-state index contributed by atoms with van der Waals surface area (Å²) in [6, 6.07) is 9.21. The summed E-state index contributed by atoms with van der Waals surface area (Å²) in [5.74, 6) is 1.56. The molecule has 0 saturated carbocycles. The van der Waals surface area contributed by atoms with Crippen LogP contribution in [0.5, 0.6) is 11.6 Å². The number of methoxy groups -OCH3 is 1. The summed E-state index contributed by atoms with van der Waals surface area (Å²) in [5, 5.41) is 1.16. The van der Waals surface area contributed by atoms with Gasteiger partial charge in [0.05, 0.1) is 29.4 Å². The SMILES string of the molecule is COc1cnc2c(-c3cc4cc(OCCOC(=O)Cl)cc(Cl)c4o3)cc(C)cc2n1. The van der Waals surface area contributed by atoms with Crippen LogP contribution in [0.3, 0.4) is 0 Å². The Kier molecular flexibility index (Phi) is 5.65. The first-order chi connectivity index (χ1) is 14.4. The van der Waals surface area contributed by atoms with Gasteiger partial charge in [-0.2, -0.15) is 0 Å². The normalized spacial score (nSPS) is 11.1. The summed E-state index contributed by atoms with van der Waals surface area (Å²) in [6.07, 6.45) is 1.57. The molecule has 7 nitrogen and oxygen atoms in total. The first-order valence-corrected chi connectivity index (χ1v) is 9.70. The first-order valence-electron chi connectivity index (χ1n) is 8.94. The van der Waals surface area contributed by atoms with E-state index in [1.165, 1.54) is 0 Å². The third kappa shape index (κ3) is 4.13. The molecule has 0 radical (unpaired) electrons. The van der Waals surface area contributed by atoms with Crippen LogP contribution >= 0.6 is 23.2 Å². The number of hydrogen-bond donors (Lipinski definition) is 0. The summed E-state index contributed by atoms with van der Waals surface area (Å²) in [7, 11) is 1.55. The minimum atomic E-state index is -0.877. The maximum Gasteiger partial charge on any atom is 0.403 e. The molecule has 2 aromatic heterocycles. The molecule has 30 heavy (non-hydrogen) atoms. The number of benzene rings is 2. The van der Waals surface area contributed by atoms with Gasteiger partial charge in [-0.25, -0.2) is 14.8 Å². The zero-order chi connectivity index (χ0) is 21.3. The van der Waals surface area contributed by atoms with E-state index in [0.717, 1.165) is 16.5 Å². The molecular weight excluding hydrogens is 431 g/mol. The number of ether oxygens (including phenoxy) is 3. The average molecular weight is 447 g/mol. The molecule has 0 aliphatic heterocycles. The number of aromatic nitrogens is 2. The zero-order valence-electron chi connectivity index (χ0n) is 16.1. The van der Waals surface area contributed by atoms with Gasteiger partial charge in [-0.3, -0.25) is 0 Å². The molecule has 9 heteroatoms. The molecule has 0 spiro atoms. The van der Waals surface area contributed by atoms with Crippen LogP contribution < -0.4 is 9.47 Å². The highest BCUT2D eigenvalue weighted by molar-refractivity contribution is 6.61. The number of aryl methyl sites for hydroxylation is 1. The fourth-order valence-corrected chi connectivity index (χ4v) is 3.45. The molecule has 0 unspecified atom stereocenters. The number of carbonyl (C=O) groups excluding carboxylic acids is 1. The quantitative estimate of drug-likeness (QED) is 0.274. The molecule has 0 N–H and O–H groups in total. The lowest BCUT2D eigenvalue weighted by Gasteiger charge is -2.06. The van der Waals surface area contributed by atoms with Crippen molar-refractivity contribution in [2.24, 2.45) is 0 Å². The molecule has 0 saturated heterocycles. The predicted molar refractivity (Wildman–Crippen MR) is 114 cm³/mol. The molecule has 2 aromatic carbocycles. The largest absolute Gasteiger partial charge is 0.490 e. The van der Waals surface area contributed by atoms with Crippen LogP contribution in [0.25, 0.3) is 33.3 Å². The Morgan fingerprint density at radius 2 is 2.00 bits per heavy atom. The topological polar surface area (TPSA) is 83.7 Å². The second kappa shape index (κ2) is 8.38. The Labute approximate surface area is 181 Å². The lowest BCUT2D eigenvalue weighted by atomic mass is 10.1. The van der Waals surface area contributed by atoms with E-state index in [-0.39, 0.29) is 13.2 Å². The van der Waals surface area contributed by atoms with Gasteiger partial charge in [0.2, 0.25) is 5.88 Å². The van der Waals surface area contributed by atoms with Gasteiger partial charge in [0.1, 0.15) is 24.7 Å². The van der Waals surface area contributed by atoms with E-state index in [2.05, 4.69) is 14.7 Å². The molecule has 154 valence electrons. The van der Waals surface area contributed by atoms with E-state index in [1.54, 1.807) is 25.4 Å². The van der Waals surface area contributed by atoms with Crippen molar-refractivity contribution in [2.45, 2.75) is 6.92 Å². The summed E-state index contributed by atoms with van der Waals surface area (Å²) >= 11 is 11.5. The lowest BCUT2D eigenvalue weighted by molar-refractivity contribution is 0.147. The van der Waals surface area contributed by atoms with Crippen molar-refractivity contribution < 1.29 is 23.4 Å². The van der Waals surface area contributed by atoms with Gasteiger partial charge < -0.3 is 18.6 Å². The number of halogens is 2. The number of furan rings is 1. The van der Waals surface area contributed by atoms with Crippen LogP contribution in [0.4, 0.5) is 4.79 Å². The van der Waals surface area contributed by atoms with Crippen LogP contribution in [-0.2, 0) is 4.74 Å². The third-order valence-electron chi connectivity index (χ3n) is 4.36. The van der Waals surface area contributed by atoms with Gasteiger partial charge >= 0.3 is 5.43 Å². The molecule has 0 fully saturated rings. The summed E-state index contributed by atoms with van der Waals surface area (Å²) < 4.78 is 21.4. The van der Waals surface area contributed by atoms with E-state index >= 15 is 0 Å². The van der Waals surface area contributed by atoms with Crippen molar-refractivity contribution in [1.29, 1.82) is 0 Å². The molecular formula is C21H16Cl2N2O5. The van der Waals surface area contributed by atoms with Crippen molar-refractivity contribution >= 4 is 50.6 Å². The average Bonchev–Trinajstić information content (AvgIpc) is 3.14. The highest BCUT2D eigenvalue weighted by Gasteiger charge is 2.16. The molecule has 4 aromatic rings. The van der Waals surface area contributed by atoms with Crippen molar-refractivity contribution in [3.05, 3.63) is 47.1 Å². The molecule has 0 amide bonds. The Balaban J connectivity index is 1.72. The van der Waals surface area contributed by atoms with Crippen LogP contribution in [0, 0.1) is 6.92 Å². The molecule has 0 atom stereocenters. The van der Waals surface area contributed by atoms with E-state index in [4.69, 9.17) is 37.1 Å². The van der Waals surface area contributed by atoms with Gasteiger partial charge in [-0.05, 0) is 36.8 Å². The van der Waals surface area contributed by atoms with Crippen molar-refractivity contribution in [2.75, 3.05) is 20.3 Å². The van der Waals surface area contributed by atoms with E-state index in [1.807, 2.05) is 25.1 Å². The molecule has 0 bridgehead atoms. The Morgan fingerprint density at radius 3 is 2.77 bits per heavy atom. The van der Waals surface area contributed by atoms with Crippen LogP contribution in [0.15, 0.2) is 40.9 Å². The van der Waals surface area contributed by atoms with Crippen molar-refractivity contribution in [3.8, 4) is 23.0 Å². The van der Waals surface area contributed by atoms with Crippen LogP contribution in [0.1, 0.15) is 5.56 Å². The minimum Gasteiger partial charge on any atom is -0.490 e. The summed E-state index contributed by atoms with van der Waals surface area (Å²) in [4.78, 5) is 19.6. The highest BCUT2D eigenvalue weighted by Crippen LogP contribution is 2.37. The maximum absolute atomic E-state index is 10.6. The van der Waals surface area contributed by atoms with Gasteiger partial charge in [-0.1, -0.05) is 11.6 Å². The predicted octanol–water partition coefficient (Wildman–Crippen LogP) is 5.77. The maximum atomic E-state index is 10.6. The Bertz CT molecular complexity index is 1260. The Morgan fingerprint density at radius 1 is 1.17 bits per heavy atom. The van der Waals surface area contributed by atoms with Crippen LogP contribution in [0.2, 0.25) is 5.02 Å².